The summed E-state index contributed by atoms with van der Waals surface area (Å²) in [6, 6.07) is 3.05. The van der Waals surface area contributed by atoms with Crippen LogP contribution in [0, 0.1) is 0 Å². The minimum atomic E-state index is -0.810. The zero-order valence-electron chi connectivity index (χ0n) is 9.06. The van der Waals surface area contributed by atoms with Gasteiger partial charge in [-0.05, 0) is 25.5 Å². The van der Waals surface area contributed by atoms with E-state index in [0.717, 1.165) is 12.2 Å². The van der Waals surface area contributed by atoms with Crippen LogP contribution in [-0.4, -0.2) is 17.1 Å². The lowest BCUT2D eigenvalue weighted by Gasteiger charge is -2.17. The quantitative estimate of drug-likeness (QED) is 0.757. The number of hydrogen-bond acceptors (Lipinski definition) is 3. The van der Waals surface area contributed by atoms with Crippen molar-refractivity contribution in [1.29, 1.82) is 0 Å². The Bertz CT molecular complexity index is 295. The molecule has 1 aromatic heterocycles. The lowest BCUT2D eigenvalue weighted by Crippen LogP contribution is -2.38. The van der Waals surface area contributed by atoms with Gasteiger partial charge in [0, 0.05) is 0 Å². The molecule has 0 spiro atoms. The standard InChI is InChI=1S/C11H17NO3/c1-3-5-9(11(13)14)12-8(2)10-6-4-7-15-10/h4,6-9,12H,3,5H2,1-2H3,(H,13,14)/t8-,9?/m1/s1. The van der Waals surface area contributed by atoms with Crippen molar-refractivity contribution in [3.63, 3.8) is 0 Å². The van der Waals surface area contributed by atoms with E-state index in [-0.39, 0.29) is 6.04 Å². The Kier molecular flexibility index (Phi) is 4.37. The van der Waals surface area contributed by atoms with E-state index in [4.69, 9.17) is 9.52 Å². The summed E-state index contributed by atoms with van der Waals surface area (Å²) in [5, 5.41) is 12.0. The molecule has 1 aromatic rings. The van der Waals surface area contributed by atoms with Gasteiger partial charge in [-0.3, -0.25) is 10.1 Å². The average Bonchev–Trinajstić information content (AvgIpc) is 2.69. The van der Waals surface area contributed by atoms with Gasteiger partial charge in [0.2, 0.25) is 0 Å². The predicted octanol–water partition coefficient (Wildman–Crippen LogP) is 2.18. The second-order valence-electron chi connectivity index (χ2n) is 3.58. The third kappa shape index (κ3) is 3.40. The van der Waals surface area contributed by atoms with E-state index in [1.807, 2.05) is 19.9 Å². The first kappa shape index (κ1) is 11.8. The summed E-state index contributed by atoms with van der Waals surface area (Å²) in [5.41, 5.74) is 0. The summed E-state index contributed by atoms with van der Waals surface area (Å²) in [5.74, 6) is -0.0485. The Morgan fingerprint density at radius 3 is 2.87 bits per heavy atom. The molecule has 0 saturated heterocycles. The van der Waals surface area contributed by atoms with Crippen molar-refractivity contribution in [2.45, 2.75) is 38.8 Å². The van der Waals surface area contributed by atoms with Crippen LogP contribution in [0.2, 0.25) is 0 Å². The molecule has 0 amide bonds. The molecule has 0 aliphatic rings. The Morgan fingerprint density at radius 1 is 1.67 bits per heavy atom. The number of rotatable bonds is 6. The molecule has 0 aliphatic carbocycles. The minimum absolute atomic E-state index is 0.0763. The van der Waals surface area contributed by atoms with Gasteiger partial charge >= 0.3 is 5.97 Å². The second kappa shape index (κ2) is 5.56. The van der Waals surface area contributed by atoms with Crippen LogP contribution in [0.15, 0.2) is 22.8 Å². The first-order chi connectivity index (χ1) is 7.15. The number of carbonyl (C=O) groups is 1. The Labute approximate surface area is 89.3 Å². The van der Waals surface area contributed by atoms with Gasteiger partial charge < -0.3 is 9.52 Å². The fourth-order valence-corrected chi connectivity index (χ4v) is 1.49. The van der Waals surface area contributed by atoms with Crippen LogP contribution in [0.5, 0.6) is 0 Å². The molecule has 0 aliphatic heterocycles. The molecule has 0 bridgehead atoms. The van der Waals surface area contributed by atoms with Crippen molar-refractivity contribution in [3.05, 3.63) is 24.2 Å². The number of carboxylic acids is 1. The summed E-state index contributed by atoms with van der Waals surface area (Å²) in [7, 11) is 0. The highest BCUT2D eigenvalue weighted by molar-refractivity contribution is 5.73. The van der Waals surface area contributed by atoms with Gasteiger partial charge in [-0.15, -0.1) is 0 Å². The van der Waals surface area contributed by atoms with Crippen LogP contribution in [0.25, 0.3) is 0 Å². The highest BCUT2D eigenvalue weighted by Gasteiger charge is 2.20. The van der Waals surface area contributed by atoms with Crippen molar-refractivity contribution in [3.8, 4) is 0 Å². The average molecular weight is 211 g/mol. The van der Waals surface area contributed by atoms with Crippen molar-refractivity contribution >= 4 is 5.97 Å². The van der Waals surface area contributed by atoms with Gasteiger partial charge in [-0.1, -0.05) is 13.3 Å². The van der Waals surface area contributed by atoms with E-state index in [1.54, 1.807) is 12.3 Å². The molecule has 4 heteroatoms. The van der Waals surface area contributed by atoms with Crippen LogP contribution < -0.4 is 5.32 Å². The molecule has 15 heavy (non-hydrogen) atoms. The molecule has 2 N–H and O–H groups in total. The zero-order chi connectivity index (χ0) is 11.3. The van der Waals surface area contributed by atoms with Gasteiger partial charge in [0.15, 0.2) is 0 Å². The van der Waals surface area contributed by atoms with Gasteiger partial charge in [0.25, 0.3) is 0 Å². The van der Waals surface area contributed by atoms with E-state index < -0.39 is 12.0 Å². The Hall–Kier alpha value is -1.29. The maximum atomic E-state index is 10.9. The number of nitrogens with one attached hydrogen (secondary N) is 1. The van der Waals surface area contributed by atoms with Gasteiger partial charge in [-0.25, -0.2) is 0 Å². The first-order valence-electron chi connectivity index (χ1n) is 5.17. The number of aliphatic carboxylic acids is 1. The molecule has 0 aromatic carbocycles. The molecule has 0 fully saturated rings. The summed E-state index contributed by atoms with van der Waals surface area (Å²) in [4.78, 5) is 10.9. The normalized spacial score (nSPS) is 14.8. The molecular weight excluding hydrogens is 194 g/mol. The number of furan rings is 1. The third-order valence-corrected chi connectivity index (χ3v) is 2.30. The monoisotopic (exact) mass is 211 g/mol. The predicted molar refractivity (Wildman–Crippen MR) is 56.6 cm³/mol. The van der Waals surface area contributed by atoms with Crippen LogP contribution >= 0.6 is 0 Å². The maximum Gasteiger partial charge on any atom is 0.320 e. The van der Waals surface area contributed by atoms with Crippen LogP contribution in [0.3, 0.4) is 0 Å². The number of hydrogen-bond donors (Lipinski definition) is 2. The van der Waals surface area contributed by atoms with E-state index in [9.17, 15) is 4.79 Å². The lowest BCUT2D eigenvalue weighted by molar-refractivity contribution is -0.139. The summed E-state index contributed by atoms with van der Waals surface area (Å²) in [6.07, 6.45) is 3.05. The van der Waals surface area contributed by atoms with Crippen molar-refractivity contribution in [2.75, 3.05) is 0 Å². The Balaban J connectivity index is 2.54. The summed E-state index contributed by atoms with van der Waals surface area (Å²) < 4.78 is 5.20. The van der Waals surface area contributed by atoms with Gasteiger partial charge in [-0.2, -0.15) is 0 Å². The highest BCUT2D eigenvalue weighted by Crippen LogP contribution is 2.14. The topological polar surface area (TPSA) is 62.5 Å². The lowest BCUT2D eigenvalue weighted by atomic mass is 10.1. The minimum Gasteiger partial charge on any atom is -0.480 e. The largest absolute Gasteiger partial charge is 0.480 e. The molecule has 1 rings (SSSR count). The SMILES string of the molecule is CCCC(N[C@H](C)c1ccco1)C(=O)O. The fourth-order valence-electron chi connectivity index (χ4n) is 1.49. The molecular formula is C11H17NO3. The maximum absolute atomic E-state index is 10.9. The number of carboxylic acid groups (broad SMARTS) is 1. The molecule has 0 radical (unpaired) electrons. The Morgan fingerprint density at radius 2 is 2.40 bits per heavy atom. The fraction of sp³-hybridized carbons (Fsp3) is 0.545. The molecule has 0 saturated carbocycles. The molecule has 84 valence electrons. The van der Waals surface area contributed by atoms with Crippen molar-refractivity contribution in [1.82, 2.24) is 5.32 Å². The van der Waals surface area contributed by atoms with Gasteiger partial charge in [0.05, 0.1) is 12.3 Å². The van der Waals surface area contributed by atoms with E-state index >= 15 is 0 Å². The van der Waals surface area contributed by atoms with Crippen molar-refractivity contribution < 1.29 is 14.3 Å². The van der Waals surface area contributed by atoms with Crippen LogP contribution in [0.4, 0.5) is 0 Å². The highest BCUT2D eigenvalue weighted by atomic mass is 16.4. The third-order valence-electron chi connectivity index (χ3n) is 2.30. The van der Waals surface area contributed by atoms with E-state index in [1.165, 1.54) is 0 Å². The smallest absolute Gasteiger partial charge is 0.320 e. The second-order valence-corrected chi connectivity index (χ2v) is 3.58. The molecule has 2 atom stereocenters. The molecule has 4 nitrogen and oxygen atoms in total. The van der Waals surface area contributed by atoms with Crippen molar-refractivity contribution in [2.24, 2.45) is 0 Å². The van der Waals surface area contributed by atoms with Crippen LogP contribution in [-0.2, 0) is 4.79 Å². The van der Waals surface area contributed by atoms with Gasteiger partial charge in [0.1, 0.15) is 11.8 Å². The first-order valence-corrected chi connectivity index (χ1v) is 5.17. The summed E-state index contributed by atoms with van der Waals surface area (Å²) >= 11 is 0. The van der Waals surface area contributed by atoms with E-state index in [2.05, 4.69) is 5.32 Å². The molecule has 1 unspecified atom stereocenters. The summed E-state index contributed by atoms with van der Waals surface area (Å²) in [6.45, 7) is 3.86. The zero-order valence-corrected chi connectivity index (χ0v) is 9.06. The van der Waals surface area contributed by atoms with E-state index in [0.29, 0.717) is 6.42 Å². The molecule has 1 heterocycles. The van der Waals surface area contributed by atoms with Crippen LogP contribution in [0.1, 0.15) is 38.5 Å².